The van der Waals surface area contributed by atoms with Gasteiger partial charge < -0.3 is 19.3 Å². The molecule has 33 heavy (non-hydrogen) atoms. The SMILES string of the molecule is CN(C)CCN(Cc1ccc(F)cc1)C(=O)CCNS(=O)(=O)c1ccc2c(c1)OCCCO2. The highest BCUT2D eigenvalue weighted by atomic mass is 32.2. The molecule has 0 radical (unpaired) electrons. The van der Waals surface area contributed by atoms with E-state index in [9.17, 15) is 17.6 Å². The lowest BCUT2D eigenvalue weighted by Crippen LogP contribution is -2.38. The van der Waals surface area contributed by atoms with E-state index in [2.05, 4.69) is 4.72 Å². The zero-order valence-corrected chi connectivity index (χ0v) is 19.7. The lowest BCUT2D eigenvalue weighted by molar-refractivity contribution is -0.131. The van der Waals surface area contributed by atoms with Crippen molar-refractivity contribution in [3.8, 4) is 11.5 Å². The summed E-state index contributed by atoms with van der Waals surface area (Å²) in [6, 6.07) is 10.4. The van der Waals surface area contributed by atoms with Gasteiger partial charge in [0.05, 0.1) is 18.1 Å². The van der Waals surface area contributed by atoms with Crippen molar-refractivity contribution in [2.45, 2.75) is 24.3 Å². The first kappa shape index (κ1) is 24.9. The molecule has 0 bridgehead atoms. The zero-order chi connectivity index (χ0) is 23.8. The molecule has 0 fully saturated rings. The van der Waals surface area contributed by atoms with Crippen LogP contribution in [0.15, 0.2) is 47.4 Å². The molecule has 1 aliphatic heterocycles. The first-order valence-electron chi connectivity index (χ1n) is 10.8. The summed E-state index contributed by atoms with van der Waals surface area (Å²) in [4.78, 5) is 16.5. The summed E-state index contributed by atoms with van der Waals surface area (Å²) in [6.07, 6.45) is 0.720. The average Bonchev–Trinajstić information content (AvgIpc) is 3.02. The molecule has 0 saturated heterocycles. The number of carbonyl (C=O) groups is 1. The Kier molecular flexibility index (Phi) is 8.65. The van der Waals surface area contributed by atoms with E-state index in [0.717, 1.165) is 12.0 Å². The molecule has 0 aromatic heterocycles. The van der Waals surface area contributed by atoms with E-state index >= 15 is 0 Å². The topological polar surface area (TPSA) is 88.2 Å². The lowest BCUT2D eigenvalue weighted by Gasteiger charge is -2.25. The summed E-state index contributed by atoms with van der Waals surface area (Å²) in [5, 5.41) is 0. The van der Waals surface area contributed by atoms with Crippen LogP contribution in [0.4, 0.5) is 4.39 Å². The first-order chi connectivity index (χ1) is 15.7. The lowest BCUT2D eigenvalue weighted by atomic mass is 10.2. The maximum Gasteiger partial charge on any atom is 0.240 e. The molecule has 8 nitrogen and oxygen atoms in total. The third kappa shape index (κ3) is 7.41. The summed E-state index contributed by atoms with van der Waals surface area (Å²) < 4.78 is 52.2. The van der Waals surface area contributed by atoms with E-state index < -0.39 is 10.0 Å². The number of hydrogen-bond acceptors (Lipinski definition) is 6. The minimum Gasteiger partial charge on any atom is -0.490 e. The van der Waals surface area contributed by atoms with E-state index in [1.165, 1.54) is 24.3 Å². The van der Waals surface area contributed by atoms with E-state index in [0.29, 0.717) is 44.3 Å². The molecular weight excluding hydrogens is 449 g/mol. The number of hydrogen-bond donors (Lipinski definition) is 1. The largest absolute Gasteiger partial charge is 0.490 e. The summed E-state index contributed by atoms with van der Waals surface area (Å²) >= 11 is 0. The second-order valence-electron chi connectivity index (χ2n) is 8.05. The maximum atomic E-state index is 13.2. The molecule has 0 atom stereocenters. The minimum atomic E-state index is -3.82. The molecular formula is C23H30FN3O5S. The minimum absolute atomic E-state index is 0.00158. The van der Waals surface area contributed by atoms with Crippen molar-refractivity contribution in [3.05, 3.63) is 53.8 Å². The number of rotatable bonds is 10. The van der Waals surface area contributed by atoms with E-state index in [4.69, 9.17) is 9.47 Å². The van der Waals surface area contributed by atoms with Crippen LogP contribution in [0.3, 0.4) is 0 Å². The molecule has 2 aromatic carbocycles. The molecule has 1 aliphatic rings. The number of halogens is 1. The van der Waals surface area contributed by atoms with Crippen molar-refractivity contribution >= 4 is 15.9 Å². The molecule has 0 unspecified atom stereocenters. The van der Waals surface area contributed by atoms with Gasteiger partial charge in [0, 0.05) is 45.1 Å². The molecule has 1 amide bonds. The monoisotopic (exact) mass is 479 g/mol. The van der Waals surface area contributed by atoms with Crippen molar-refractivity contribution in [2.75, 3.05) is 46.9 Å². The van der Waals surface area contributed by atoms with E-state index in [1.807, 2.05) is 19.0 Å². The molecule has 1 N–H and O–H groups in total. The predicted molar refractivity (Wildman–Crippen MR) is 122 cm³/mol. The first-order valence-corrected chi connectivity index (χ1v) is 12.3. The van der Waals surface area contributed by atoms with Crippen molar-refractivity contribution in [3.63, 3.8) is 0 Å². The van der Waals surface area contributed by atoms with Gasteiger partial charge in [-0.2, -0.15) is 0 Å². The molecule has 3 rings (SSSR count). The van der Waals surface area contributed by atoms with Crippen LogP contribution in [0, 0.1) is 5.82 Å². The average molecular weight is 480 g/mol. The maximum absolute atomic E-state index is 13.2. The highest BCUT2D eigenvalue weighted by Crippen LogP contribution is 2.31. The number of benzene rings is 2. The molecule has 1 heterocycles. The summed E-state index contributed by atoms with van der Waals surface area (Å²) in [7, 11) is -0.00914. The van der Waals surface area contributed by atoms with Crippen LogP contribution in [-0.4, -0.2) is 71.1 Å². The number of ether oxygens (including phenoxy) is 2. The molecule has 2 aromatic rings. The van der Waals surface area contributed by atoms with Crippen LogP contribution in [0.5, 0.6) is 11.5 Å². The molecule has 10 heteroatoms. The number of nitrogens with one attached hydrogen (secondary N) is 1. The fourth-order valence-electron chi connectivity index (χ4n) is 3.27. The van der Waals surface area contributed by atoms with Gasteiger partial charge in [0.25, 0.3) is 0 Å². The number of sulfonamides is 1. The van der Waals surface area contributed by atoms with Crippen LogP contribution < -0.4 is 14.2 Å². The van der Waals surface area contributed by atoms with Gasteiger partial charge in [0.2, 0.25) is 15.9 Å². The Bertz CT molecular complexity index is 1040. The highest BCUT2D eigenvalue weighted by Gasteiger charge is 2.20. The van der Waals surface area contributed by atoms with Crippen LogP contribution in [0.2, 0.25) is 0 Å². The Balaban J connectivity index is 1.60. The third-order valence-electron chi connectivity index (χ3n) is 5.12. The second-order valence-corrected chi connectivity index (χ2v) is 9.82. The molecule has 180 valence electrons. The van der Waals surface area contributed by atoms with Crippen LogP contribution in [0.1, 0.15) is 18.4 Å². The van der Waals surface area contributed by atoms with Gasteiger partial charge in [-0.1, -0.05) is 12.1 Å². The van der Waals surface area contributed by atoms with Gasteiger partial charge in [0.1, 0.15) is 5.82 Å². The second kappa shape index (κ2) is 11.4. The van der Waals surface area contributed by atoms with E-state index in [-0.39, 0.29) is 29.6 Å². The standard InChI is InChI=1S/C23H30FN3O5S/c1-26(2)12-13-27(17-18-4-6-19(24)7-5-18)23(28)10-11-25-33(29,30)20-8-9-21-22(16-20)32-15-3-14-31-21/h4-9,16,25H,3,10-15,17H2,1-2H3. The fraction of sp³-hybridized carbons (Fsp3) is 0.435. The molecule has 0 spiro atoms. The van der Waals surface area contributed by atoms with Gasteiger partial charge in [0.15, 0.2) is 11.5 Å². The van der Waals surface area contributed by atoms with Crippen molar-refractivity contribution in [1.29, 1.82) is 0 Å². The van der Waals surface area contributed by atoms with Gasteiger partial charge in [-0.05, 0) is 43.9 Å². The Morgan fingerprint density at radius 3 is 2.42 bits per heavy atom. The third-order valence-corrected chi connectivity index (χ3v) is 6.58. The quantitative estimate of drug-likeness (QED) is 0.562. The number of nitrogens with zero attached hydrogens (tertiary/aromatic N) is 2. The van der Waals surface area contributed by atoms with Gasteiger partial charge >= 0.3 is 0 Å². The van der Waals surface area contributed by atoms with Crippen molar-refractivity contribution in [1.82, 2.24) is 14.5 Å². The fourth-order valence-corrected chi connectivity index (χ4v) is 4.31. The Hall–Kier alpha value is -2.69. The number of carbonyl (C=O) groups excluding carboxylic acids is 1. The number of fused-ring (bicyclic) bond motifs is 1. The summed E-state index contributed by atoms with van der Waals surface area (Å²) in [5.41, 5.74) is 0.802. The Morgan fingerprint density at radius 1 is 1.03 bits per heavy atom. The van der Waals surface area contributed by atoms with Crippen molar-refractivity contribution < 1.29 is 27.1 Å². The molecule has 0 saturated carbocycles. The van der Waals surface area contributed by atoms with Gasteiger partial charge in [-0.3, -0.25) is 4.79 Å². The predicted octanol–water partition coefficient (Wildman–Crippen LogP) is 2.25. The van der Waals surface area contributed by atoms with Crippen LogP contribution in [0.25, 0.3) is 0 Å². The zero-order valence-electron chi connectivity index (χ0n) is 18.9. The van der Waals surface area contributed by atoms with E-state index in [1.54, 1.807) is 23.1 Å². The van der Waals surface area contributed by atoms with Gasteiger partial charge in [-0.15, -0.1) is 0 Å². The highest BCUT2D eigenvalue weighted by molar-refractivity contribution is 7.89. The summed E-state index contributed by atoms with van der Waals surface area (Å²) in [6.45, 7) is 2.37. The smallest absolute Gasteiger partial charge is 0.240 e. The van der Waals surface area contributed by atoms with Crippen molar-refractivity contribution in [2.24, 2.45) is 0 Å². The number of amides is 1. The van der Waals surface area contributed by atoms with Crippen LogP contribution >= 0.6 is 0 Å². The van der Waals surface area contributed by atoms with Crippen LogP contribution in [-0.2, 0) is 21.4 Å². The normalized spacial score (nSPS) is 13.6. The summed E-state index contributed by atoms with van der Waals surface area (Å²) in [5.74, 6) is 0.371. The Morgan fingerprint density at radius 2 is 1.73 bits per heavy atom. The van der Waals surface area contributed by atoms with Gasteiger partial charge in [-0.25, -0.2) is 17.5 Å². The molecule has 0 aliphatic carbocycles. The number of likely N-dealkylation sites (N-methyl/N-ethyl adjacent to an activating group) is 1. The Labute approximate surface area is 194 Å².